The van der Waals surface area contributed by atoms with Gasteiger partial charge in [-0.25, -0.2) is 0 Å². The Hall–Kier alpha value is -0.120. The highest BCUT2D eigenvalue weighted by Gasteiger charge is 2.49. The van der Waals surface area contributed by atoms with Gasteiger partial charge in [-0.05, 0) is 39.5 Å². The van der Waals surface area contributed by atoms with Crippen molar-refractivity contribution in [1.82, 2.24) is 10.2 Å². The molecule has 0 aromatic carbocycles. The monoisotopic (exact) mass is 268 g/mol. The van der Waals surface area contributed by atoms with Crippen LogP contribution in [-0.2, 0) is 4.74 Å². The Bertz CT molecular complexity index is 320. The van der Waals surface area contributed by atoms with Gasteiger partial charge in [0.2, 0.25) is 0 Å². The van der Waals surface area contributed by atoms with E-state index in [1.54, 1.807) is 0 Å². The molecule has 2 heterocycles. The SMILES string of the molecule is CCC1(C)CN(C2(C)CCOC2C)C(C(C)C)CN1. The van der Waals surface area contributed by atoms with Gasteiger partial charge in [0, 0.05) is 36.8 Å². The molecule has 2 fully saturated rings. The molecule has 0 radical (unpaired) electrons. The van der Waals surface area contributed by atoms with E-state index in [2.05, 4.69) is 51.8 Å². The molecule has 0 amide bonds. The third-order valence-corrected chi connectivity index (χ3v) is 5.72. The summed E-state index contributed by atoms with van der Waals surface area (Å²) in [5.74, 6) is 0.679. The van der Waals surface area contributed by atoms with Crippen LogP contribution < -0.4 is 5.32 Å². The smallest absolute Gasteiger partial charge is 0.0728 e. The number of rotatable bonds is 3. The van der Waals surface area contributed by atoms with Crippen molar-refractivity contribution in [3.05, 3.63) is 0 Å². The average Bonchev–Trinajstić information content (AvgIpc) is 2.70. The molecule has 0 saturated carbocycles. The van der Waals surface area contributed by atoms with Crippen molar-refractivity contribution < 1.29 is 4.74 Å². The van der Waals surface area contributed by atoms with E-state index in [1.807, 2.05) is 0 Å². The fourth-order valence-corrected chi connectivity index (χ4v) is 3.60. The zero-order chi connectivity index (χ0) is 14.3. The fourth-order valence-electron chi connectivity index (χ4n) is 3.60. The van der Waals surface area contributed by atoms with Crippen LogP contribution in [0.4, 0.5) is 0 Å². The summed E-state index contributed by atoms with van der Waals surface area (Å²) in [6.45, 7) is 17.1. The zero-order valence-corrected chi connectivity index (χ0v) is 13.6. The number of piperazine rings is 1. The summed E-state index contributed by atoms with van der Waals surface area (Å²) < 4.78 is 5.89. The first-order valence-electron chi connectivity index (χ1n) is 7.96. The van der Waals surface area contributed by atoms with Crippen molar-refractivity contribution in [2.45, 2.75) is 77.6 Å². The molecule has 0 aliphatic carbocycles. The van der Waals surface area contributed by atoms with E-state index >= 15 is 0 Å². The second-order valence-corrected chi connectivity index (χ2v) is 7.35. The summed E-state index contributed by atoms with van der Waals surface area (Å²) in [6.07, 6.45) is 2.68. The molecule has 3 heteroatoms. The lowest BCUT2D eigenvalue weighted by molar-refractivity contribution is -0.0530. The van der Waals surface area contributed by atoms with Gasteiger partial charge in [-0.1, -0.05) is 20.8 Å². The maximum Gasteiger partial charge on any atom is 0.0728 e. The van der Waals surface area contributed by atoms with E-state index < -0.39 is 0 Å². The Morgan fingerprint density at radius 3 is 2.53 bits per heavy atom. The van der Waals surface area contributed by atoms with Gasteiger partial charge in [-0.3, -0.25) is 4.90 Å². The number of ether oxygens (including phenoxy) is 1. The summed E-state index contributed by atoms with van der Waals surface area (Å²) in [7, 11) is 0. The summed E-state index contributed by atoms with van der Waals surface area (Å²) in [6, 6.07) is 0.619. The van der Waals surface area contributed by atoms with Gasteiger partial charge < -0.3 is 10.1 Å². The van der Waals surface area contributed by atoms with Gasteiger partial charge in [0.25, 0.3) is 0 Å². The third kappa shape index (κ3) is 2.70. The highest BCUT2D eigenvalue weighted by Crippen LogP contribution is 2.37. The summed E-state index contributed by atoms with van der Waals surface area (Å²) in [5, 5.41) is 3.78. The Labute approximate surface area is 119 Å². The minimum atomic E-state index is 0.202. The standard InChI is InChI=1S/C16H32N2O/c1-7-15(5)11-18(14(10-17-15)12(2)3)16(6)8-9-19-13(16)4/h12-14,17H,7-11H2,1-6H3. The van der Waals surface area contributed by atoms with Crippen molar-refractivity contribution in [2.75, 3.05) is 19.7 Å². The molecule has 19 heavy (non-hydrogen) atoms. The first kappa shape index (κ1) is 15.3. The maximum absolute atomic E-state index is 5.89. The minimum absolute atomic E-state index is 0.202. The third-order valence-electron chi connectivity index (χ3n) is 5.72. The molecule has 4 atom stereocenters. The maximum atomic E-state index is 5.89. The summed E-state index contributed by atoms with van der Waals surface area (Å²) in [5.41, 5.74) is 0.449. The fraction of sp³-hybridized carbons (Fsp3) is 1.00. The predicted molar refractivity (Wildman–Crippen MR) is 80.5 cm³/mol. The largest absolute Gasteiger partial charge is 0.377 e. The number of nitrogens with one attached hydrogen (secondary N) is 1. The lowest BCUT2D eigenvalue weighted by atomic mass is 9.82. The second-order valence-electron chi connectivity index (χ2n) is 7.35. The molecule has 0 bridgehead atoms. The van der Waals surface area contributed by atoms with Crippen LogP contribution in [0.1, 0.15) is 54.4 Å². The molecular weight excluding hydrogens is 236 g/mol. The summed E-state index contributed by atoms with van der Waals surface area (Å²) in [4.78, 5) is 2.76. The molecule has 2 saturated heterocycles. The second kappa shape index (κ2) is 5.34. The van der Waals surface area contributed by atoms with Gasteiger partial charge in [0.1, 0.15) is 0 Å². The van der Waals surface area contributed by atoms with Gasteiger partial charge >= 0.3 is 0 Å². The number of nitrogens with zero attached hydrogens (tertiary/aromatic N) is 1. The van der Waals surface area contributed by atoms with Gasteiger partial charge in [0.05, 0.1) is 6.10 Å². The van der Waals surface area contributed by atoms with Crippen LogP contribution in [0.3, 0.4) is 0 Å². The van der Waals surface area contributed by atoms with Crippen molar-refractivity contribution in [3.8, 4) is 0 Å². The predicted octanol–water partition coefficient (Wildman–Crippen LogP) is 2.65. The van der Waals surface area contributed by atoms with Crippen LogP contribution in [0.25, 0.3) is 0 Å². The van der Waals surface area contributed by atoms with E-state index in [0.29, 0.717) is 18.1 Å². The van der Waals surface area contributed by atoms with Crippen molar-refractivity contribution in [2.24, 2.45) is 5.92 Å². The van der Waals surface area contributed by atoms with E-state index in [4.69, 9.17) is 4.74 Å². The van der Waals surface area contributed by atoms with Crippen LogP contribution in [0.2, 0.25) is 0 Å². The molecule has 3 nitrogen and oxygen atoms in total. The topological polar surface area (TPSA) is 24.5 Å². The van der Waals surface area contributed by atoms with Crippen LogP contribution in [0.5, 0.6) is 0 Å². The zero-order valence-electron chi connectivity index (χ0n) is 13.6. The average molecular weight is 268 g/mol. The highest BCUT2D eigenvalue weighted by molar-refractivity contribution is 5.05. The quantitative estimate of drug-likeness (QED) is 0.851. The first-order chi connectivity index (χ1) is 8.82. The molecule has 2 aliphatic rings. The van der Waals surface area contributed by atoms with Crippen LogP contribution in [0.15, 0.2) is 0 Å². The first-order valence-corrected chi connectivity index (χ1v) is 7.96. The van der Waals surface area contributed by atoms with Crippen LogP contribution in [-0.4, -0.2) is 47.8 Å². The number of hydrogen-bond acceptors (Lipinski definition) is 3. The Morgan fingerprint density at radius 2 is 2.05 bits per heavy atom. The Balaban J connectivity index is 2.25. The Kier molecular flexibility index (Phi) is 4.29. The van der Waals surface area contributed by atoms with Gasteiger partial charge in [0.15, 0.2) is 0 Å². The summed E-state index contributed by atoms with van der Waals surface area (Å²) >= 11 is 0. The molecule has 4 unspecified atom stereocenters. The molecule has 1 N–H and O–H groups in total. The molecule has 0 aromatic heterocycles. The van der Waals surface area contributed by atoms with Crippen molar-refractivity contribution >= 4 is 0 Å². The van der Waals surface area contributed by atoms with Crippen LogP contribution in [0, 0.1) is 5.92 Å². The lowest BCUT2D eigenvalue weighted by Crippen LogP contribution is -2.70. The van der Waals surface area contributed by atoms with E-state index in [1.165, 1.54) is 6.42 Å². The van der Waals surface area contributed by atoms with E-state index in [9.17, 15) is 0 Å². The molecule has 0 aromatic rings. The Morgan fingerprint density at radius 1 is 1.37 bits per heavy atom. The van der Waals surface area contributed by atoms with E-state index in [-0.39, 0.29) is 11.1 Å². The van der Waals surface area contributed by atoms with Gasteiger partial charge in [-0.15, -0.1) is 0 Å². The van der Waals surface area contributed by atoms with Crippen molar-refractivity contribution in [1.29, 1.82) is 0 Å². The minimum Gasteiger partial charge on any atom is -0.377 e. The molecule has 2 rings (SSSR count). The molecule has 112 valence electrons. The number of hydrogen-bond donors (Lipinski definition) is 1. The molecule has 0 spiro atoms. The van der Waals surface area contributed by atoms with Gasteiger partial charge in [-0.2, -0.15) is 0 Å². The van der Waals surface area contributed by atoms with E-state index in [0.717, 1.165) is 26.1 Å². The van der Waals surface area contributed by atoms with Crippen LogP contribution >= 0.6 is 0 Å². The lowest BCUT2D eigenvalue weighted by Gasteiger charge is -2.54. The van der Waals surface area contributed by atoms with Crippen molar-refractivity contribution in [3.63, 3.8) is 0 Å². The molecule has 2 aliphatic heterocycles. The molecular formula is C16H32N2O. The normalized spacial score (nSPS) is 45.0. The highest BCUT2D eigenvalue weighted by atomic mass is 16.5.